The van der Waals surface area contributed by atoms with E-state index < -0.39 is 0 Å². The fraction of sp³-hybridized carbons (Fsp3) is 0.125. The number of hydrogen-bond acceptors (Lipinski definition) is 2. The SMILES string of the molecule is Nc1nccc2[nH]c(CBr)cc12. The third-order valence-corrected chi connectivity index (χ3v) is 2.38. The number of anilines is 1. The number of halogens is 1. The van der Waals surface area contributed by atoms with Gasteiger partial charge in [0.1, 0.15) is 5.82 Å². The molecule has 2 aromatic heterocycles. The number of alkyl halides is 1. The summed E-state index contributed by atoms with van der Waals surface area (Å²) >= 11 is 3.37. The lowest BCUT2D eigenvalue weighted by Crippen LogP contribution is -1.88. The number of nitrogens with zero attached hydrogens (tertiary/aromatic N) is 1. The molecule has 0 aliphatic rings. The molecule has 62 valence electrons. The van der Waals surface area contributed by atoms with Crippen molar-refractivity contribution < 1.29 is 0 Å². The summed E-state index contributed by atoms with van der Waals surface area (Å²) in [6.07, 6.45) is 1.70. The van der Waals surface area contributed by atoms with E-state index in [1.54, 1.807) is 6.20 Å². The van der Waals surface area contributed by atoms with Gasteiger partial charge in [-0.1, -0.05) is 15.9 Å². The quantitative estimate of drug-likeness (QED) is 0.731. The van der Waals surface area contributed by atoms with E-state index in [1.807, 2.05) is 12.1 Å². The van der Waals surface area contributed by atoms with E-state index in [-0.39, 0.29) is 0 Å². The maximum absolute atomic E-state index is 5.68. The van der Waals surface area contributed by atoms with Crippen molar-refractivity contribution in [3.63, 3.8) is 0 Å². The van der Waals surface area contributed by atoms with Crippen LogP contribution in [0.3, 0.4) is 0 Å². The number of fused-ring (bicyclic) bond motifs is 1. The van der Waals surface area contributed by atoms with E-state index in [0.717, 1.165) is 21.9 Å². The lowest BCUT2D eigenvalue weighted by atomic mass is 10.3. The van der Waals surface area contributed by atoms with Crippen LogP contribution in [0.4, 0.5) is 5.82 Å². The van der Waals surface area contributed by atoms with Crippen LogP contribution in [0, 0.1) is 0 Å². The van der Waals surface area contributed by atoms with Crippen molar-refractivity contribution in [2.45, 2.75) is 5.33 Å². The highest BCUT2D eigenvalue weighted by Gasteiger charge is 2.01. The van der Waals surface area contributed by atoms with E-state index in [9.17, 15) is 0 Å². The predicted octanol–water partition coefficient (Wildman–Crippen LogP) is 2.04. The van der Waals surface area contributed by atoms with Crippen LogP contribution < -0.4 is 5.73 Å². The zero-order chi connectivity index (χ0) is 8.55. The molecule has 0 spiro atoms. The third kappa shape index (κ3) is 1.08. The van der Waals surface area contributed by atoms with Gasteiger partial charge in [-0.25, -0.2) is 4.98 Å². The Kier molecular flexibility index (Phi) is 1.77. The van der Waals surface area contributed by atoms with Crippen LogP contribution in [0.5, 0.6) is 0 Å². The van der Waals surface area contributed by atoms with Gasteiger partial charge in [-0.15, -0.1) is 0 Å². The zero-order valence-electron chi connectivity index (χ0n) is 6.34. The van der Waals surface area contributed by atoms with Gasteiger partial charge in [-0.2, -0.15) is 0 Å². The summed E-state index contributed by atoms with van der Waals surface area (Å²) in [6.45, 7) is 0. The van der Waals surface area contributed by atoms with Gasteiger partial charge in [0.05, 0.1) is 5.52 Å². The van der Waals surface area contributed by atoms with Gasteiger partial charge in [0, 0.05) is 22.6 Å². The van der Waals surface area contributed by atoms with E-state index in [1.165, 1.54) is 0 Å². The summed E-state index contributed by atoms with van der Waals surface area (Å²) in [6, 6.07) is 3.92. The van der Waals surface area contributed by atoms with Gasteiger partial charge >= 0.3 is 0 Å². The molecule has 3 N–H and O–H groups in total. The summed E-state index contributed by atoms with van der Waals surface area (Å²) in [5.41, 5.74) is 7.83. The lowest BCUT2D eigenvalue weighted by Gasteiger charge is -1.91. The van der Waals surface area contributed by atoms with Crippen molar-refractivity contribution in [2.75, 3.05) is 5.73 Å². The number of H-pyrrole nitrogens is 1. The van der Waals surface area contributed by atoms with Crippen molar-refractivity contribution in [1.82, 2.24) is 9.97 Å². The molecule has 0 aliphatic heterocycles. The molecule has 0 saturated carbocycles. The van der Waals surface area contributed by atoms with Crippen LogP contribution >= 0.6 is 15.9 Å². The molecule has 0 unspecified atom stereocenters. The van der Waals surface area contributed by atoms with Gasteiger partial charge in [0.25, 0.3) is 0 Å². The summed E-state index contributed by atoms with van der Waals surface area (Å²) in [5.74, 6) is 0.580. The number of aromatic nitrogens is 2. The monoisotopic (exact) mass is 225 g/mol. The van der Waals surface area contributed by atoms with Crippen LogP contribution in [0.25, 0.3) is 10.9 Å². The number of nitrogen functional groups attached to an aromatic ring is 1. The normalized spacial score (nSPS) is 10.8. The second-order valence-corrected chi connectivity index (χ2v) is 3.15. The van der Waals surface area contributed by atoms with Crippen molar-refractivity contribution in [3.05, 3.63) is 24.0 Å². The van der Waals surface area contributed by atoms with Crippen LogP contribution in [0.15, 0.2) is 18.3 Å². The molecule has 3 nitrogen and oxygen atoms in total. The minimum absolute atomic E-state index is 0.580. The smallest absolute Gasteiger partial charge is 0.132 e. The van der Waals surface area contributed by atoms with E-state index >= 15 is 0 Å². The average molecular weight is 226 g/mol. The molecule has 2 aromatic rings. The molecule has 4 heteroatoms. The Morgan fingerprint density at radius 1 is 1.58 bits per heavy atom. The number of aromatic amines is 1. The first-order valence-electron chi connectivity index (χ1n) is 3.59. The second kappa shape index (κ2) is 2.79. The predicted molar refractivity (Wildman–Crippen MR) is 53.1 cm³/mol. The maximum atomic E-state index is 5.68. The zero-order valence-corrected chi connectivity index (χ0v) is 7.93. The van der Waals surface area contributed by atoms with Crippen molar-refractivity contribution in [2.24, 2.45) is 0 Å². The number of rotatable bonds is 1. The Morgan fingerprint density at radius 3 is 3.08 bits per heavy atom. The molecule has 0 fully saturated rings. The highest BCUT2D eigenvalue weighted by Crippen LogP contribution is 2.20. The van der Waals surface area contributed by atoms with Gasteiger partial charge in [0.2, 0.25) is 0 Å². The summed E-state index contributed by atoms with van der Waals surface area (Å²) in [4.78, 5) is 7.22. The largest absolute Gasteiger partial charge is 0.383 e. The molecular formula is C8H8BrN3. The first-order chi connectivity index (χ1) is 5.81. The van der Waals surface area contributed by atoms with Crippen LogP contribution in [0.1, 0.15) is 5.69 Å². The standard InChI is InChI=1S/C8H8BrN3/c9-4-5-3-6-7(12-5)1-2-11-8(6)10/h1-3,12H,4H2,(H2,10,11). The molecule has 12 heavy (non-hydrogen) atoms. The molecule has 0 aliphatic carbocycles. The van der Waals surface area contributed by atoms with Gasteiger partial charge in [0.15, 0.2) is 0 Å². The first-order valence-corrected chi connectivity index (χ1v) is 4.71. The van der Waals surface area contributed by atoms with Gasteiger partial charge in [-0.05, 0) is 12.1 Å². The molecule has 0 bridgehead atoms. The molecule has 0 amide bonds. The van der Waals surface area contributed by atoms with Crippen LogP contribution in [0.2, 0.25) is 0 Å². The summed E-state index contributed by atoms with van der Waals surface area (Å²) in [5, 5.41) is 1.80. The third-order valence-electron chi connectivity index (χ3n) is 1.78. The molecule has 0 saturated heterocycles. The highest BCUT2D eigenvalue weighted by molar-refractivity contribution is 9.08. The summed E-state index contributed by atoms with van der Waals surface area (Å²) in [7, 11) is 0. The van der Waals surface area contributed by atoms with Crippen LogP contribution in [-0.2, 0) is 5.33 Å². The molecular weight excluding hydrogens is 218 g/mol. The minimum Gasteiger partial charge on any atom is -0.383 e. The molecule has 0 aromatic carbocycles. The maximum Gasteiger partial charge on any atom is 0.132 e. The van der Waals surface area contributed by atoms with Gasteiger partial charge in [-0.3, -0.25) is 0 Å². The average Bonchev–Trinajstić information content (AvgIpc) is 2.49. The number of nitrogens with two attached hydrogens (primary N) is 1. The molecule has 0 atom stereocenters. The van der Waals surface area contributed by atoms with Crippen molar-refractivity contribution in [3.8, 4) is 0 Å². The number of hydrogen-bond donors (Lipinski definition) is 2. The van der Waals surface area contributed by atoms with Crippen molar-refractivity contribution >= 4 is 32.7 Å². The Morgan fingerprint density at radius 2 is 2.42 bits per heavy atom. The Bertz CT molecular complexity index is 408. The fourth-order valence-electron chi connectivity index (χ4n) is 1.21. The Hall–Kier alpha value is -1.03. The summed E-state index contributed by atoms with van der Waals surface area (Å²) < 4.78 is 0. The molecule has 2 heterocycles. The van der Waals surface area contributed by atoms with Gasteiger partial charge < -0.3 is 10.7 Å². The Balaban J connectivity index is 2.74. The number of nitrogens with one attached hydrogen (secondary N) is 1. The fourth-order valence-corrected chi connectivity index (χ4v) is 1.51. The number of pyridine rings is 1. The van der Waals surface area contributed by atoms with E-state index in [4.69, 9.17) is 5.73 Å². The van der Waals surface area contributed by atoms with E-state index in [0.29, 0.717) is 5.82 Å². The molecule has 2 rings (SSSR count). The van der Waals surface area contributed by atoms with E-state index in [2.05, 4.69) is 25.9 Å². The van der Waals surface area contributed by atoms with Crippen LogP contribution in [-0.4, -0.2) is 9.97 Å². The topological polar surface area (TPSA) is 54.7 Å². The highest BCUT2D eigenvalue weighted by atomic mass is 79.9. The first kappa shape index (κ1) is 7.61. The minimum atomic E-state index is 0.580. The Labute approximate surface area is 78.1 Å². The lowest BCUT2D eigenvalue weighted by molar-refractivity contribution is 1.27. The molecule has 0 radical (unpaired) electrons. The second-order valence-electron chi connectivity index (χ2n) is 2.59. The van der Waals surface area contributed by atoms with Crippen molar-refractivity contribution in [1.29, 1.82) is 0 Å².